The van der Waals surface area contributed by atoms with Crippen LogP contribution in [0.3, 0.4) is 0 Å². The molecule has 1 aliphatic carbocycles. The number of rotatable bonds is 4. The number of benzene rings is 1. The van der Waals surface area contributed by atoms with Crippen molar-refractivity contribution in [3.63, 3.8) is 0 Å². The average molecular weight is 397 g/mol. The Balaban J connectivity index is 1.79. The lowest BCUT2D eigenvalue weighted by Gasteiger charge is -2.40. The molecule has 6 nitrogen and oxygen atoms in total. The molecule has 0 bridgehead atoms. The van der Waals surface area contributed by atoms with Crippen LogP contribution in [0.1, 0.15) is 32.1 Å². The molecule has 1 amide bonds. The summed E-state index contributed by atoms with van der Waals surface area (Å²) >= 11 is 1.16. The lowest BCUT2D eigenvalue weighted by Crippen LogP contribution is -2.39. The largest absolute Gasteiger partial charge is 0.384 e. The smallest absolute Gasteiger partial charge is 0.234 e. The Morgan fingerprint density at radius 3 is 2.61 bits per heavy atom. The summed E-state index contributed by atoms with van der Waals surface area (Å²) < 4.78 is 13.3. The van der Waals surface area contributed by atoms with Crippen LogP contribution in [0.5, 0.6) is 0 Å². The van der Waals surface area contributed by atoms with E-state index >= 15 is 0 Å². The first kappa shape index (κ1) is 19.8. The van der Waals surface area contributed by atoms with E-state index in [0.717, 1.165) is 31.0 Å². The van der Waals surface area contributed by atoms with Gasteiger partial charge < -0.3 is 16.4 Å². The first-order valence-corrected chi connectivity index (χ1v) is 9.99. The lowest BCUT2D eigenvalue weighted by molar-refractivity contribution is -0.113. The van der Waals surface area contributed by atoms with E-state index in [1.54, 1.807) is 6.07 Å². The summed E-state index contributed by atoms with van der Waals surface area (Å²) in [5.41, 5.74) is 6.68. The summed E-state index contributed by atoms with van der Waals surface area (Å²) in [4.78, 5) is 12.2. The van der Waals surface area contributed by atoms with Crippen LogP contribution in [0.4, 0.5) is 10.1 Å². The molecule has 2 aliphatic rings. The molecule has 0 aromatic heterocycles. The molecule has 1 aliphatic heterocycles. The SMILES string of the molecule is N#CC1=C(N)NC(SCC(=O)Nc2cccc(F)c2)=C(C#N)C12CCCCC2. The molecule has 8 heteroatoms. The quantitative estimate of drug-likeness (QED) is 0.716. The molecule has 1 spiro atoms. The maximum Gasteiger partial charge on any atom is 0.234 e. The van der Waals surface area contributed by atoms with Gasteiger partial charge in [-0.3, -0.25) is 4.79 Å². The maximum absolute atomic E-state index is 13.3. The van der Waals surface area contributed by atoms with Crippen molar-refractivity contribution in [2.45, 2.75) is 32.1 Å². The molecule has 1 fully saturated rings. The highest BCUT2D eigenvalue weighted by atomic mass is 32.2. The molecule has 3 rings (SSSR count). The second kappa shape index (κ2) is 8.37. The number of amides is 1. The molecular formula is C20H20FN5OS. The number of nitrogens with two attached hydrogens (primary N) is 1. The molecule has 4 N–H and O–H groups in total. The van der Waals surface area contributed by atoms with Crippen molar-refractivity contribution in [2.24, 2.45) is 11.1 Å². The van der Waals surface area contributed by atoms with Gasteiger partial charge in [0.05, 0.1) is 34.1 Å². The van der Waals surface area contributed by atoms with Crippen molar-refractivity contribution >= 4 is 23.4 Å². The third-order valence-electron chi connectivity index (χ3n) is 5.09. The van der Waals surface area contributed by atoms with Gasteiger partial charge in [0.2, 0.25) is 5.91 Å². The van der Waals surface area contributed by atoms with Crippen molar-refractivity contribution in [2.75, 3.05) is 11.1 Å². The van der Waals surface area contributed by atoms with Gasteiger partial charge in [0.25, 0.3) is 0 Å². The van der Waals surface area contributed by atoms with E-state index in [-0.39, 0.29) is 17.5 Å². The van der Waals surface area contributed by atoms with E-state index in [9.17, 15) is 19.7 Å². The molecule has 1 heterocycles. The zero-order chi connectivity index (χ0) is 20.1. The molecule has 0 radical (unpaired) electrons. The van der Waals surface area contributed by atoms with Gasteiger partial charge in [0, 0.05) is 11.1 Å². The normalized spacial score (nSPS) is 18.2. The van der Waals surface area contributed by atoms with Crippen LogP contribution in [-0.2, 0) is 4.79 Å². The monoisotopic (exact) mass is 397 g/mol. The molecule has 1 saturated carbocycles. The molecule has 1 aromatic carbocycles. The molecule has 28 heavy (non-hydrogen) atoms. The third kappa shape index (κ3) is 3.83. The summed E-state index contributed by atoms with van der Waals surface area (Å²) in [5, 5.41) is 25.5. The van der Waals surface area contributed by atoms with Gasteiger partial charge >= 0.3 is 0 Å². The van der Waals surface area contributed by atoms with E-state index in [1.807, 2.05) is 0 Å². The van der Waals surface area contributed by atoms with E-state index in [0.29, 0.717) is 34.7 Å². The topological polar surface area (TPSA) is 115 Å². The number of dihydropyridines is 1. The predicted octanol–water partition coefficient (Wildman–Crippen LogP) is 3.48. The van der Waals surface area contributed by atoms with Gasteiger partial charge in [0.1, 0.15) is 11.6 Å². The first-order chi connectivity index (χ1) is 13.5. The standard InChI is InChI=1S/C20H20FN5OS/c21-13-5-4-6-14(9-13)25-17(27)12-28-19-16(11-23)20(7-2-1-3-8-20)15(10-22)18(24)26-19/h4-6,9,26H,1-3,7-8,12,24H2,(H,25,27). The Kier molecular flexibility index (Phi) is 5.91. The Labute approximate surface area is 167 Å². The van der Waals surface area contributed by atoms with Crippen LogP contribution in [0.25, 0.3) is 0 Å². The molecule has 1 aromatic rings. The highest BCUT2D eigenvalue weighted by Gasteiger charge is 2.45. The van der Waals surface area contributed by atoms with Gasteiger partial charge in [-0.05, 0) is 31.0 Å². The maximum atomic E-state index is 13.3. The van der Waals surface area contributed by atoms with Gasteiger partial charge in [-0.25, -0.2) is 4.39 Å². The Bertz CT molecular complexity index is 935. The number of nitrogens with one attached hydrogen (secondary N) is 2. The van der Waals surface area contributed by atoms with Crippen molar-refractivity contribution in [3.05, 3.63) is 52.1 Å². The summed E-state index contributed by atoms with van der Waals surface area (Å²) in [6, 6.07) is 10.1. The fraction of sp³-hybridized carbons (Fsp3) is 0.350. The van der Waals surface area contributed by atoms with Crippen LogP contribution in [0, 0.1) is 33.9 Å². The predicted molar refractivity (Wildman–Crippen MR) is 106 cm³/mol. The molecule has 144 valence electrons. The van der Waals surface area contributed by atoms with E-state index in [2.05, 4.69) is 22.8 Å². The number of carbonyl (C=O) groups excluding carboxylic acids is 1. The minimum Gasteiger partial charge on any atom is -0.384 e. The highest BCUT2D eigenvalue weighted by Crippen LogP contribution is 2.51. The Morgan fingerprint density at radius 1 is 1.25 bits per heavy atom. The number of halogens is 1. The van der Waals surface area contributed by atoms with E-state index in [4.69, 9.17) is 5.73 Å². The van der Waals surface area contributed by atoms with E-state index in [1.165, 1.54) is 18.2 Å². The lowest BCUT2D eigenvalue weighted by atomic mass is 9.64. The number of thioether (sulfide) groups is 1. The second-order valence-electron chi connectivity index (χ2n) is 6.83. The summed E-state index contributed by atoms with van der Waals surface area (Å²) in [5.74, 6) is -0.491. The van der Waals surface area contributed by atoms with Crippen LogP contribution < -0.4 is 16.4 Å². The summed E-state index contributed by atoms with van der Waals surface area (Å²) in [6.07, 6.45) is 4.29. The molecular weight excluding hydrogens is 377 g/mol. The van der Waals surface area contributed by atoms with E-state index < -0.39 is 11.2 Å². The Hall–Kier alpha value is -2.97. The number of carbonyl (C=O) groups is 1. The van der Waals surface area contributed by atoms with Gasteiger partial charge in [0.15, 0.2) is 0 Å². The minimum absolute atomic E-state index is 0.0231. The van der Waals surface area contributed by atoms with Crippen LogP contribution >= 0.6 is 11.8 Å². The van der Waals surface area contributed by atoms with Crippen LogP contribution in [0.2, 0.25) is 0 Å². The highest BCUT2D eigenvalue weighted by molar-refractivity contribution is 8.03. The zero-order valence-electron chi connectivity index (χ0n) is 15.2. The number of hydrogen-bond acceptors (Lipinski definition) is 6. The number of allylic oxidation sites excluding steroid dienone is 2. The second-order valence-corrected chi connectivity index (χ2v) is 7.82. The van der Waals surface area contributed by atoms with Crippen molar-refractivity contribution in [3.8, 4) is 12.1 Å². The summed E-state index contributed by atoms with van der Waals surface area (Å²) in [6.45, 7) is 0. The van der Waals surface area contributed by atoms with Gasteiger partial charge in [-0.1, -0.05) is 37.1 Å². The van der Waals surface area contributed by atoms with Crippen LogP contribution in [-0.4, -0.2) is 11.7 Å². The van der Waals surface area contributed by atoms with Gasteiger partial charge in [-0.15, -0.1) is 0 Å². The molecule has 0 unspecified atom stereocenters. The van der Waals surface area contributed by atoms with Gasteiger partial charge in [-0.2, -0.15) is 10.5 Å². The van der Waals surface area contributed by atoms with Crippen LogP contribution in [0.15, 0.2) is 46.3 Å². The fourth-order valence-electron chi connectivity index (χ4n) is 3.84. The van der Waals surface area contributed by atoms with Crippen molar-refractivity contribution < 1.29 is 9.18 Å². The third-order valence-corrected chi connectivity index (χ3v) is 6.09. The number of anilines is 1. The van der Waals surface area contributed by atoms with Crippen molar-refractivity contribution in [1.29, 1.82) is 10.5 Å². The van der Waals surface area contributed by atoms with Crippen molar-refractivity contribution in [1.82, 2.24) is 5.32 Å². The Morgan fingerprint density at radius 2 is 1.96 bits per heavy atom. The first-order valence-electron chi connectivity index (χ1n) is 9.00. The minimum atomic E-state index is -0.668. The number of nitriles is 2. The average Bonchev–Trinajstić information content (AvgIpc) is 2.67. The molecule has 0 saturated heterocycles. The zero-order valence-corrected chi connectivity index (χ0v) is 16.0. The summed E-state index contributed by atoms with van der Waals surface area (Å²) in [7, 11) is 0. The molecule has 0 atom stereocenters. The number of nitrogens with zero attached hydrogens (tertiary/aromatic N) is 2. The fourth-order valence-corrected chi connectivity index (χ4v) is 4.75. The number of hydrogen-bond donors (Lipinski definition) is 3.